The summed E-state index contributed by atoms with van der Waals surface area (Å²) in [6.07, 6.45) is 1.60. The predicted molar refractivity (Wildman–Crippen MR) is 103 cm³/mol. The van der Waals surface area contributed by atoms with Crippen LogP contribution in [0.5, 0.6) is 11.5 Å². The summed E-state index contributed by atoms with van der Waals surface area (Å²) in [6.45, 7) is 7.02. The second kappa shape index (κ2) is 8.25. The van der Waals surface area contributed by atoms with Gasteiger partial charge in [0.2, 0.25) is 0 Å². The molecule has 1 aromatic carbocycles. The summed E-state index contributed by atoms with van der Waals surface area (Å²) < 4.78 is 16.7. The number of ether oxygens (including phenoxy) is 3. The molecule has 1 N–H and O–H groups in total. The van der Waals surface area contributed by atoms with Crippen LogP contribution in [0.15, 0.2) is 12.1 Å². The largest absolute Gasteiger partial charge is 0.493 e. The first-order chi connectivity index (χ1) is 12.8. The number of methoxy groups -OCH3 is 1. The quantitative estimate of drug-likeness (QED) is 0.792. The first-order valence-corrected chi connectivity index (χ1v) is 9.78. The van der Waals surface area contributed by atoms with Crippen molar-refractivity contribution in [3.05, 3.63) is 22.7 Å². The highest BCUT2D eigenvalue weighted by Crippen LogP contribution is 2.45. The van der Waals surface area contributed by atoms with Gasteiger partial charge in [0.1, 0.15) is 0 Å². The first-order valence-electron chi connectivity index (χ1n) is 9.40. The highest BCUT2D eigenvalue weighted by molar-refractivity contribution is 6.31. The molecule has 3 rings (SSSR count). The van der Waals surface area contributed by atoms with E-state index in [1.165, 1.54) is 0 Å². The third kappa shape index (κ3) is 4.33. The van der Waals surface area contributed by atoms with Crippen LogP contribution in [0.2, 0.25) is 5.02 Å². The van der Waals surface area contributed by atoms with Crippen LogP contribution < -0.4 is 9.47 Å². The Morgan fingerprint density at radius 2 is 2.07 bits per heavy atom. The molecule has 0 radical (unpaired) electrons. The number of likely N-dealkylation sites (tertiary alicyclic amines) is 1. The fourth-order valence-electron chi connectivity index (χ4n) is 4.26. The van der Waals surface area contributed by atoms with E-state index in [9.17, 15) is 9.90 Å². The molecule has 0 bridgehead atoms. The molecule has 2 heterocycles. The van der Waals surface area contributed by atoms with E-state index in [0.29, 0.717) is 42.8 Å². The molecule has 1 aromatic rings. The zero-order valence-corrected chi connectivity index (χ0v) is 16.9. The number of aliphatic carboxylic acids is 1. The number of rotatable bonds is 6. The van der Waals surface area contributed by atoms with Gasteiger partial charge in [0.15, 0.2) is 11.5 Å². The molecule has 27 heavy (non-hydrogen) atoms. The van der Waals surface area contributed by atoms with E-state index in [1.54, 1.807) is 13.2 Å². The monoisotopic (exact) mass is 397 g/mol. The summed E-state index contributed by atoms with van der Waals surface area (Å²) in [5.74, 6) is 0.166. The summed E-state index contributed by atoms with van der Waals surface area (Å²) in [5.41, 5.74) is 0.708. The molecule has 2 fully saturated rings. The van der Waals surface area contributed by atoms with Crippen molar-refractivity contribution in [3.8, 4) is 11.5 Å². The number of carbonyl (C=O) groups is 1. The third-order valence-electron chi connectivity index (χ3n) is 5.59. The zero-order valence-electron chi connectivity index (χ0n) is 16.2. The molecule has 0 saturated carbocycles. The minimum absolute atomic E-state index is 0.0177. The summed E-state index contributed by atoms with van der Waals surface area (Å²) in [6, 6.07) is 3.68. The maximum atomic E-state index is 11.9. The van der Waals surface area contributed by atoms with Crippen LogP contribution in [-0.2, 0) is 16.1 Å². The average Bonchev–Trinajstić information content (AvgIpc) is 2.95. The maximum absolute atomic E-state index is 11.9. The van der Waals surface area contributed by atoms with Crippen LogP contribution in [0.3, 0.4) is 0 Å². The Balaban J connectivity index is 1.80. The zero-order chi connectivity index (χ0) is 19.6. The van der Waals surface area contributed by atoms with Gasteiger partial charge >= 0.3 is 5.97 Å². The molecule has 7 heteroatoms. The molecule has 0 amide bonds. The molecule has 1 spiro atoms. The number of hydrogen-bond donors (Lipinski definition) is 1. The minimum Gasteiger partial charge on any atom is -0.493 e. The van der Waals surface area contributed by atoms with E-state index in [0.717, 1.165) is 24.9 Å². The summed E-state index contributed by atoms with van der Waals surface area (Å²) in [5, 5.41) is 10.3. The number of carboxylic acid groups (broad SMARTS) is 1. The molecule has 2 aliphatic heterocycles. The van der Waals surface area contributed by atoms with Gasteiger partial charge in [-0.25, -0.2) is 0 Å². The molecule has 1 unspecified atom stereocenters. The molecule has 0 aromatic heterocycles. The molecular formula is C20H28ClNO5. The SMILES string of the molecule is COc1cc(CN2CC(C(=O)O)C3(CCOCC3)C2)c(Cl)cc1OC(C)C. The van der Waals surface area contributed by atoms with E-state index < -0.39 is 5.97 Å². The van der Waals surface area contributed by atoms with Crippen molar-refractivity contribution in [2.45, 2.75) is 39.3 Å². The number of nitrogens with zero attached hydrogens (tertiary/aromatic N) is 1. The van der Waals surface area contributed by atoms with Gasteiger partial charge in [0.25, 0.3) is 0 Å². The van der Waals surface area contributed by atoms with Gasteiger partial charge in [-0.2, -0.15) is 0 Å². The lowest BCUT2D eigenvalue weighted by Crippen LogP contribution is -2.40. The topological polar surface area (TPSA) is 68.2 Å². The minimum atomic E-state index is -0.719. The van der Waals surface area contributed by atoms with Gasteiger partial charge < -0.3 is 19.3 Å². The van der Waals surface area contributed by atoms with E-state index in [1.807, 2.05) is 19.9 Å². The lowest BCUT2D eigenvalue weighted by atomic mass is 9.72. The normalized spacial score (nSPS) is 22.3. The third-order valence-corrected chi connectivity index (χ3v) is 5.95. The smallest absolute Gasteiger partial charge is 0.308 e. The van der Waals surface area contributed by atoms with Crippen LogP contribution in [0.4, 0.5) is 0 Å². The van der Waals surface area contributed by atoms with Crippen molar-refractivity contribution < 1.29 is 24.1 Å². The Morgan fingerprint density at radius 1 is 1.37 bits per heavy atom. The Morgan fingerprint density at radius 3 is 2.67 bits per heavy atom. The van der Waals surface area contributed by atoms with Crippen molar-refractivity contribution in [2.24, 2.45) is 11.3 Å². The fraction of sp³-hybridized carbons (Fsp3) is 0.650. The highest BCUT2D eigenvalue weighted by atomic mass is 35.5. The van der Waals surface area contributed by atoms with Crippen molar-refractivity contribution >= 4 is 17.6 Å². The van der Waals surface area contributed by atoms with Crippen molar-refractivity contribution in [1.82, 2.24) is 4.90 Å². The van der Waals surface area contributed by atoms with Gasteiger partial charge in [-0.05, 0) is 38.3 Å². The Labute approximate surface area is 165 Å². The second-order valence-corrected chi connectivity index (χ2v) is 8.20. The van der Waals surface area contributed by atoms with Crippen LogP contribution in [-0.4, -0.2) is 55.5 Å². The average molecular weight is 398 g/mol. The van der Waals surface area contributed by atoms with Gasteiger partial charge in [-0.1, -0.05) is 11.6 Å². The fourth-order valence-corrected chi connectivity index (χ4v) is 4.48. The van der Waals surface area contributed by atoms with Crippen LogP contribution in [0.1, 0.15) is 32.3 Å². The van der Waals surface area contributed by atoms with Crippen LogP contribution in [0, 0.1) is 11.3 Å². The Bertz CT molecular complexity index is 687. The van der Waals surface area contributed by atoms with E-state index in [2.05, 4.69) is 4.90 Å². The van der Waals surface area contributed by atoms with Crippen LogP contribution >= 0.6 is 11.6 Å². The van der Waals surface area contributed by atoms with Gasteiger partial charge in [-0.15, -0.1) is 0 Å². The van der Waals surface area contributed by atoms with E-state index in [4.69, 9.17) is 25.8 Å². The predicted octanol–water partition coefficient (Wildman–Crippen LogP) is 3.45. The van der Waals surface area contributed by atoms with E-state index in [-0.39, 0.29) is 17.4 Å². The van der Waals surface area contributed by atoms with Crippen molar-refractivity contribution in [3.63, 3.8) is 0 Å². The molecule has 150 valence electrons. The number of halogens is 1. The number of carboxylic acids is 1. The van der Waals surface area contributed by atoms with Gasteiger partial charge in [0, 0.05) is 49.4 Å². The molecule has 0 aliphatic carbocycles. The number of benzene rings is 1. The summed E-state index contributed by atoms with van der Waals surface area (Å²) in [4.78, 5) is 14.0. The molecule has 2 saturated heterocycles. The first kappa shape index (κ1) is 20.2. The van der Waals surface area contributed by atoms with Crippen LogP contribution in [0.25, 0.3) is 0 Å². The van der Waals surface area contributed by atoms with Crippen molar-refractivity contribution in [1.29, 1.82) is 0 Å². The molecule has 1 atom stereocenters. The maximum Gasteiger partial charge on any atom is 0.308 e. The number of hydrogen-bond acceptors (Lipinski definition) is 5. The molecule has 6 nitrogen and oxygen atoms in total. The lowest BCUT2D eigenvalue weighted by Gasteiger charge is -2.36. The summed E-state index contributed by atoms with van der Waals surface area (Å²) in [7, 11) is 1.60. The standard InChI is InChI=1S/C20H28ClNO5/c1-13(2)27-18-9-16(21)14(8-17(18)25-3)10-22-11-15(19(23)24)20(12-22)4-6-26-7-5-20/h8-9,13,15H,4-7,10-12H2,1-3H3,(H,23,24). The van der Waals surface area contributed by atoms with Gasteiger partial charge in [0.05, 0.1) is 19.1 Å². The summed E-state index contributed by atoms with van der Waals surface area (Å²) >= 11 is 6.50. The molecule has 2 aliphatic rings. The highest BCUT2D eigenvalue weighted by Gasteiger charge is 2.50. The van der Waals surface area contributed by atoms with Crippen molar-refractivity contribution in [2.75, 3.05) is 33.4 Å². The Kier molecular flexibility index (Phi) is 6.18. The molecular weight excluding hydrogens is 370 g/mol. The Hall–Kier alpha value is -1.50. The lowest BCUT2D eigenvalue weighted by molar-refractivity contribution is -0.147. The van der Waals surface area contributed by atoms with Gasteiger partial charge in [-0.3, -0.25) is 9.69 Å². The van der Waals surface area contributed by atoms with E-state index >= 15 is 0 Å². The second-order valence-electron chi connectivity index (χ2n) is 7.80.